The lowest BCUT2D eigenvalue weighted by atomic mass is 9.63. The minimum absolute atomic E-state index is 0.0546. The van der Waals surface area contributed by atoms with Crippen molar-refractivity contribution in [3.63, 3.8) is 0 Å². The van der Waals surface area contributed by atoms with Gasteiger partial charge in [0.15, 0.2) is 18.2 Å². The lowest BCUT2D eigenvalue weighted by molar-refractivity contribution is -0.120. The van der Waals surface area contributed by atoms with Crippen molar-refractivity contribution in [2.75, 3.05) is 18.5 Å². The molecular weight excluding hydrogens is 720 g/mol. The van der Waals surface area contributed by atoms with E-state index in [4.69, 9.17) is 4.74 Å². The molecule has 2 aliphatic carbocycles. The molecule has 0 spiro atoms. The van der Waals surface area contributed by atoms with Gasteiger partial charge in [0, 0.05) is 63.6 Å². The first-order chi connectivity index (χ1) is 22.3. The van der Waals surface area contributed by atoms with Crippen molar-refractivity contribution in [1.29, 1.82) is 0 Å². The standard InChI is InChI=1S/C39H40Br2N2O4/c1-38(2)19-29-35(31(44)21-38)34(27-17-25(40)18-28(41)37(27)47-23-33(46)42-26-13-9-6-10-14-26)36-30(20-39(3,4)22-32(36)45)43(29)16-15-24-11-7-5-8-12-24/h5-14,17-18,34H,15-16,19-23H2,1-4H3,(H,42,46). The van der Waals surface area contributed by atoms with Gasteiger partial charge >= 0.3 is 0 Å². The second-order valence-electron chi connectivity index (χ2n) is 14.4. The fourth-order valence-corrected chi connectivity index (χ4v) is 8.69. The molecule has 47 heavy (non-hydrogen) atoms. The van der Waals surface area contributed by atoms with Gasteiger partial charge in [-0.3, -0.25) is 14.4 Å². The molecule has 1 heterocycles. The van der Waals surface area contributed by atoms with E-state index < -0.39 is 5.92 Å². The third kappa shape index (κ3) is 7.19. The molecule has 0 atom stereocenters. The summed E-state index contributed by atoms with van der Waals surface area (Å²) in [5.41, 5.74) is 5.47. The fourth-order valence-electron chi connectivity index (χ4n) is 7.32. The number of para-hydroxylation sites is 1. The van der Waals surface area contributed by atoms with Crippen molar-refractivity contribution in [2.24, 2.45) is 10.8 Å². The number of hydrogen-bond acceptors (Lipinski definition) is 5. The molecule has 0 saturated carbocycles. The van der Waals surface area contributed by atoms with Crippen LogP contribution in [0.5, 0.6) is 5.75 Å². The molecule has 0 unspecified atom stereocenters. The molecular formula is C39H40Br2N2O4. The van der Waals surface area contributed by atoms with E-state index in [1.54, 1.807) is 0 Å². The van der Waals surface area contributed by atoms with Gasteiger partial charge in [-0.1, -0.05) is 92.2 Å². The maximum absolute atomic E-state index is 14.4. The zero-order chi connectivity index (χ0) is 33.5. The number of carbonyl (C=O) groups is 3. The number of allylic oxidation sites excluding steroid dienone is 4. The van der Waals surface area contributed by atoms with E-state index in [-0.39, 0.29) is 34.9 Å². The van der Waals surface area contributed by atoms with E-state index in [2.05, 4.69) is 81.9 Å². The Hall–Kier alpha value is -3.49. The van der Waals surface area contributed by atoms with Crippen molar-refractivity contribution < 1.29 is 19.1 Å². The second-order valence-corrected chi connectivity index (χ2v) is 16.2. The molecule has 0 bridgehead atoms. The van der Waals surface area contributed by atoms with E-state index in [1.165, 1.54) is 5.56 Å². The average molecular weight is 761 g/mol. The van der Waals surface area contributed by atoms with E-state index >= 15 is 0 Å². The maximum Gasteiger partial charge on any atom is 0.262 e. The molecule has 0 radical (unpaired) electrons. The SMILES string of the molecule is CC1(C)CC(=O)C2=C(C1)N(CCc1ccccc1)C1=C(C(=O)CC(C)(C)C1)C2c1cc(Br)cc(Br)c1OCC(=O)Nc1ccccc1. The highest BCUT2D eigenvalue weighted by atomic mass is 79.9. The highest BCUT2D eigenvalue weighted by Gasteiger charge is 2.49. The molecule has 8 heteroatoms. The number of amides is 1. The van der Waals surface area contributed by atoms with E-state index in [0.717, 1.165) is 35.1 Å². The first kappa shape index (κ1) is 33.4. The number of Topliss-reactive ketones (excluding diaryl/α,β-unsaturated/α-hetero) is 2. The van der Waals surface area contributed by atoms with Gasteiger partial charge in [0.05, 0.1) is 4.47 Å². The van der Waals surface area contributed by atoms with Crippen LogP contribution in [0.4, 0.5) is 5.69 Å². The molecule has 1 amide bonds. The quantitative estimate of drug-likeness (QED) is 0.248. The predicted octanol–water partition coefficient (Wildman–Crippen LogP) is 9.16. The maximum atomic E-state index is 14.4. The van der Waals surface area contributed by atoms with Crippen LogP contribution in [-0.4, -0.2) is 35.5 Å². The summed E-state index contributed by atoms with van der Waals surface area (Å²) in [6.45, 7) is 9.02. The fraction of sp³-hybridized carbons (Fsp3) is 0.359. The largest absolute Gasteiger partial charge is 0.482 e. The minimum atomic E-state index is -0.610. The molecule has 0 aromatic heterocycles. The number of ketones is 2. The molecule has 3 aromatic rings. The highest BCUT2D eigenvalue weighted by Crippen LogP contribution is 2.56. The summed E-state index contributed by atoms with van der Waals surface area (Å²) in [5.74, 6) is -0.356. The Morgan fingerprint density at radius 3 is 1.96 bits per heavy atom. The van der Waals surface area contributed by atoms with Gasteiger partial charge in [0.25, 0.3) is 5.91 Å². The zero-order valence-corrected chi connectivity index (χ0v) is 30.5. The van der Waals surface area contributed by atoms with Gasteiger partial charge in [0.1, 0.15) is 5.75 Å². The first-order valence-corrected chi connectivity index (χ1v) is 17.7. The smallest absolute Gasteiger partial charge is 0.262 e. The molecule has 6 nitrogen and oxygen atoms in total. The Labute approximate surface area is 293 Å². The van der Waals surface area contributed by atoms with Gasteiger partial charge in [-0.05, 0) is 75.9 Å². The summed E-state index contributed by atoms with van der Waals surface area (Å²) in [6, 6.07) is 23.4. The van der Waals surface area contributed by atoms with Crippen LogP contribution in [0.15, 0.2) is 104 Å². The van der Waals surface area contributed by atoms with Crippen LogP contribution >= 0.6 is 31.9 Å². The topological polar surface area (TPSA) is 75.7 Å². The third-order valence-corrected chi connectivity index (χ3v) is 10.3. The van der Waals surface area contributed by atoms with Crippen LogP contribution < -0.4 is 10.1 Å². The average Bonchev–Trinajstić information content (AvgIpc) is 2.99. The molecule has 3 aliphatic rings. The molecule has 3 aromatic carbocycles. The number of nitrogens with one attached hydrogen (secondary N) is 1. The van der Waals surface area contributed by atoms with Gasteiger partial charge in [-0.15, -0.1) is 0 Å². The molecule has 1 N–H and O–H groups in total. The molecule has 0 saturated heterocycles. The van der Waals surface area contributed by atoms with E-state index in [1.807, 2.05) is 60.7 Å². The Morgan fingerprint density at radius 1 is 0.830 bits per heavy atom. The van der Waals surface area contributed by atoms with Crippen molar-refractivity contribution >= 4 is 55.0 Å². The third-order valence-electron chi connectivity index (χ3n) is 9.24. The van der Waals surface area contributed by atoms with Gasteiger partial charge in [-0.25, -0.2) is 0 Å². The van der Waals surface area contributed by atoms with Crippen molar-refractivity contribution in [3.05, 3.63) is 115 Å². The van der Waals surface area contributed by atoms with E-state index in [9.17, 15) is 14.4 Å². The van der Waals surface area contributed by atoms with Crippen LogP contribution in [0.1, 0.15) is 70.4 Å². The minimum Gasteiger partial charge on any atom is -0.482 e. The van der Waals surface area contributed by atoms with Crippen LogP contribution in [0, 0.1) is 10.8 Å². The Balaban J connectivity index is 1.48. The van der Waals surface area contributed by atoms with Crippen LogP contribution in [0.3, 0.4) is 0 Å². The van der Waals surface area contributed by atoms with Crippen LogP contribution in [0.25, 0.3) is 0 Å². The number of anilines is 1. The van der Waals surface area contributed by atoms with Crippen molar-refractivity contribution in [3.8, 4) is 5.75 Å². The van der Waals surface area contributed by atoms with Crippen molar-refractivity contribution in [2.45, 2.75) is 65.7 Å². The van der Waals surface area contributed by atoms with Gasteiger partial charge in [-0.2, -0.15) is 0 Å². The Kier molecular flexibility index (Phi) is 9.38. The van der Waals surface area contributed by atoms with Gasteiger partial charge < -0.3 is 15.0 Å². The molecule has 6 rings (SSSR count). The molecule has 0 fully saturated rings. The number of nitrogens with zero attached hydrogens (tertiary/aromatic N) is 1. The Bertz CT molecular complexity index is 1740. The number of carbonyl (C=O) groups excluding carboxylic acids is 3. The number of halogens is 2. The predicted molar refractivity (Wildman–Crippen MR) is 192 cm³/mol. The summed E-state index contributed by atoms with van der Waals surface area (Å²) in [6.07, 6.45) is 3.00. The number of ether oxygens (including phenoxy) is 1. The molecule has 244 valence electrons. The zero-order valence-electron chi connectivity index (χ0n) is 27.3. The van der Waals surface area contributed by atoms with Crippen LogP contribution in [0.2, 0.25) is 0 Å². The first-order valence-electron chi connectivity index (χ1n) is 16.1. The number of benzene rings is 3. The summed E-state index contributed by atoms with van der Waals surface area (Å²) < 4.78 is 7.71. The lowest BCUT2D eigenvalue weighted by Gasteiger charge is -2.49. The van der Waals surface area contributed by atoms with E-state index in [0.29, 0.717) is 52.0 Å². The van der Waals surface area contributed by atoms with Gasteiger partial charge in [0.2, 0.25) is 0 Å². The summed E-state index contributed by atoms with van der Waals surface area (Å²) in [4.78, 5) is 44.0. The number of hydrogen-bond donors (Lipinski definition) is 1. The highest BCUT2D eigenvalue weighted by molar-refractivity contribution is 9.11. The summed E-state index contributed by atoms with van der Waals surface area (Å²) in [5, 5.41) is 2.88. The molecule has 1 aliphatic heterocycles. The van der Waals surface area contributed by atoms with Crippen LogP contribution in [-0.2, 0) is 20.8 Å². The monoisotopic (exact) mass is 758 g/mol. The Morgan fingerprint density at radius 2 is 1.38 bits per heavy atom. The number of rotatable bonds is 8. The normalized spacial score (nSPS) is 19.0. The second kappa shape index (κ2) is 13.2. The lowest BCUT2D eigenvalue weighted by Crippen LogP contribution is -2.45. The summed E-state index contributed by atoms with van der Waals surface area (Å²) in [7, 11) is 0. The summed E-state index contributed by atoms with van der Waals surface area (Å²) >= 11 is 7.35. The van der Waals surface area contributed by atoms with Crippen molar-refractivity contribution in [1.82, 2.24) is 4.90 Å².